The molecule has 20 heavy (non-hydrogen) atoms. The Kier molecular flexibility index (Phi) is 5.23. The molecule has 1 N–H and O–H groups in total. The molecule has 2 fully saturated rings. The summed E-state index contributed by atoms with van der Waals surface area (Å²) in [6, 6.07) is -0.545. The third-order valence-electron chi connectivity index (χ3n) is 4.34. The van der Waals surface area contributed by atoms with Crippen molar-refractivity contribution in [3.63, 3.8) is 0 Å². The van der Waals surface area contributed by atoms with Crippen LogP contribution in [0.5, 0.6) is 0 Å². The zero-order valence-corrected chi connectivity index (χ0v) is 12.3. The highest BCUT2D eigenvalue weighted by atomic mass is 16.4. The van der Waals surface area contributed by atoms with Gasteiger partial charge in [0.15, 0.2) is 0 Å². The second-order valence-corrected chi connectivity index (χ2v) is 5.73. The van der Waals surface area contributed by atoms with Crippen LogP contribution in [0.2, 0.25) is 0 Å². The highest BCUT2D eigenvalue weighted by Crippen LogP contribution is 2.13. The molecule has 0 saturated carbocycles. The Hall–Kier alpha value is -1.30. The number of carbonyl (C=O) groups is 2. The maximum Gasteiger partial charge on any atom is 0.408 e. The molecule has 2 amide bonds. The van der Waals surface area contributed by atoms with Gasteiger partial charge in [-0.05, 0) is 45.8 Å². The Labute approximate surface area is 120 Å². The van der Waals surface area contributed by atoms with Gasteiger partial charge in [-0.15, -0.1) is 0 Å². The highest BCUT2D eigenvalue weighted by molar-refractivity contribution is 5.86. The van der Waals surface area contributed by atoms with Crippen molar-refractivity contribution in [2.45, 2.75) is 38.6 Å². The lowest BCUT2D eigenvalue weighted by Crippen LogP contribution is -2.57. The van der Waals surface area contributed by atoms with Gasteiger partial charge in [0.1, 0.15) is 6.04 Å². The fraction of sp³-hybridized carbons (Fsp3) is 0.857. The predicted molar refractivity (Wildman–Crippen MR) is 75.7 cm³/mol. The summed E-state index contributed by atoms with van der Waals surface area (Å²) in [7, 11) is 0. The molecule has 2 aliphatic heterocycles. The summed E-state index contributed by atoms with van der Waals surface area (Å²) in [6.45, 7) is 6.76. The average molecular weight is 283 g/mol. The number of likely N-dealkylation sites (tertiary alicyclic amines) is 1. The number of piperidine rings is 1. The van der Waals surface area contributed by atoms with E-state index in [1.165, 1.54) is 37.3 Å². The summed E-state index contributed by atoms with van der Waals surface area (Å²) < 4.78 is 0. The molecule has 0 aromatic heterocycles. The molecular formula is C14H25N3O3. The van der Waals surface area contributed by atoms with E-state index in [1.807, 2.05) is 4.90 Å². The molecule has 0 radical (unpaired) electrons. The fourth-order valence-electron chi connectivity index (χ4n) is 3.08. The maximum absolute atomic E-state index is 12.1. The van der Waals surface area contributed by atoms with Crippen molar-refractivity contribution in [1.29, 1.82) is 0 Å². The van der Waals surface area contributed by atoms with E-state index in [1.54, 1.807) is 6.92 Å². The largest absolute Gasteiger partial charge is 0.465 e. The Morgan fingerprint density at radius 3 is 2.50 bits per heavy atom. The van der Waals surface area contributed by atoms with Crippen LogP contribution in [-0.4, -0.2) is 77.1 Å². The van der Waals surface area contributed by atoms with Crippen LogP contribution >= 0.6 is 0 Å². The third-order valence-corrected chi connectivity index (χ3v) is 4.34. The van der Waals surface area contributed by atoms with Crippen LogP contribution < -0.4 is 0 Å². The molecule has 0 aromatic carbocycles. The van der Waals surface area contributed by atoms with Crippen molar-refractivity contribution in [3.8, 4) is 0 Å². The van der Waals surface area contributed by atoms with Gasteiger partial charge in [-0.1, -0.05) is 6.42 Å². The van der Waals surface area contributed by atoms with Gasteiger partial charge in [0, 0.05) is 19.6 Å². The average Bonchev–Trinajstić information content (AvgIpc) is 2.44. The number of piperazine rings is 1. The fourth-order valence-corrected chi connectivity index (χ4v) is 3.08. The van der Waals surface area contributed by atoms with Crippen molar-refractivity contribution in [3.05, 3.63) is 0 Å². The van der Waals surface area contributed by atoms with Gasteiger partial charge >= 0.3 is 6.09 Å². The predicted octanol–water partition coefficient (Wildman–Crippen LogP) is 1.07. The first kappa shape index (κ1) is 15.1. The molecule has 0 aromatic rings. The van der Waals surface area contributed by atoms with Crippen molar-refractivity contribution in [2.24, 2.45) is 0 Å². The molecule has 1 atom stereocenters. The van der Waals surface area contributed by atoms with Gasteiger partial charge in [0.05, 0.1) is 0 Å². The smallest absolute Gasteiger partial charge is 0.408 e. The monoisotopic (exact) mass is 283 g/mol. The Morgan fingerprint density at radius 2 is 1.85 bits per heavy atom. The minimum absolute atomic E-state index is 0.0581. The van der Waals surface area contributed by atoms with Crippen molar-refractivity contribution in [1.82, 2.24) is 14.7 Å². The van der Waals surface area contributed by atoms with Crippen molar-refractivity contribution >= 4 is 12.0 Å². The highest BCUT2D eigenvalue weighted by Gasteiger charge is 2.33. The first-order valence-electron chi connectivity index (χ1n) is 7.60. The molecule has 6 nitrogen and oxygen atoms in total. The van der Waals surface area contributed by atoms with E-state index < -0.39 is 12.1 Å². The van der Waals surface area contributed by atoms with Gasteiger partial charge in [-0.2, -0.15) is 0 Å². The van der Waals surface area contributed by atoms with E-state index in [0.29, 0.717) is 13.1 Å². The van der Waals surface area contributed by atoms with Crippen molar-refractivity contribution < 1.29 is 14.7 Å². The first-order valence-corrected chi connectivity index (χ1v) is 7.60. The first-order chi connectivity index (χ1) is 9.59. The van der Waals surface area contributed by atoms with E-state index in [9.17, 15) is 9.59 Å². The topological polar surface area (TPSA) is 64.1 Å². The Morgan fingerprint density at radius 1 is 1.15 bits per heavy atom. The van der Waals surface area contributed by atoms with E-state index in [2.05, 4.69) is 4.90 Å². The van der Waals surface area contributed by atoms with Crippen LogP contribution in [0, 0.1) is 0 Å². The SMILES string of the molecule is C[C@@H]1C(=O)N(CCCN2CCCCC2)CCN1C(=O)O. The van der Waals surface area contributed by atoms with Crippen LogP contribution in [-0.2, 0) is 4.79 Å². The van der Waals surface area contributed by atoms with Crippen LogP contribution in [0.3, 0.4) is 0 Å². The van der Waals surface area contributed by atoms with E-state index in [-0.39, 0.29) is 5.91 Å². The number of amides is 2. The molecule has 6 heteroatoms. The lowest BCUT2D eigenvalue weighted by Gasteiger charge is -2.38. The molecule has 0 bridgehead atoms. The molecule has 2 rings (SSSR count). The quantitative estimate of drug-likeness (QED) is 0.838. The molecular weight excluding hydrogens is 258 g/mol. The minimum atomic E-state index is -1.00. The lowest BCUT2D eigenvalue weighted by molar-refractivity contribution is -0.139. The molecule has 114 valence electrons. The standard InChI is InChI=1S/C14H25N3O3/c1-12-13(18)16(10-11-17(12)14(19)20)9-5-8-15-6-3-2-4-7-15/h12H,2-11H2,1H3,(H,19,20)/t12-/m1/s1. The number of rotatable bonds is 4. The maximum atomic E-state index is 12.1. The summed E-state index contributed by atoms with van der Waals surface area (Å²) in [5, 5.41) is 9.01. The number of hydrogen-bond acceptors (Lipinski definition) is 3. The summed E-state index contributed by atoms with van der Waals surface area (Å²) in [5.74, 6) is -0.0581. The van der Waals surface area contributed by atoms with E-state index in [0.717, 1.165) is 19.5 Å². The van der Waals surface area contributed by atoms with Gasteiger partial charge < -0.3 is 14.9 Å². The van der Waals surface area contributed by atoms with E-state index >= 15 is 0 Å². The lowest BCUT2D eigenvalue weighted by atomic mass is 10.1. The number of carboxylic acid groups (broad SMARTS) is 1. The van der Waals surface area contributed by atoms with Crippen LogP contribution in [0.1, 0.15) is 32.6 Å². The van der Waals surface area contributed by atoms with Crippen LogP contribution in [0.15, 0.2) is 0 Å². The summed E-state index contributed by atoms with van der Waals surface area (Å²) in [5.41, 5.74) is 0. The van der Waals surface area contributed by atoms with Gasteiger partial charge in [-0.3, -0.25) is 9.69 Å². The number of nitrogens with zero attached hydrogens (tertiary/aromatic N) is 3. The number of carbonyl (C=O) groups excluding carboxylic acids is 1. The van der Waals surface area contributed by atoms with Crippen molar-refractivity contribution in [2.75, 3.05) is 39.3 Å². The van der Waals surface area contributed by atoms with E-state index in [4.69, 9.17) is 5.11 Å². The molecule has 2 saturated heterocycles. The zero-order valence-electron chi connectivity index (χ0n) is 12.3. The zero-order chi connectivity index (χ0) is 14.5. The molecule has 2 aliphatic rings. The second-order valence-electron chi connectivity index (χ2n) is 5.73. The Balaban J connectivity index is 1.73. The number of hydrogen-bond donors (Lipinski definition) is 1. The van der Waals surface area contributed by atoms with Gasteiger partial charge in [0.25, 0.3) is 0 Å². The second kappa shape index (κ2) is 6.92. The van der Waals surface area contributed by atoms with Gasteiger partial charge in [0.2, 0.25) is 5.91 Å². The van der Waals surface area contributed by atoms with Gasteiger partial charge in [-0.25, -0.2) is 4.79 Å². The third kappa shape index (κ3) is 3.62. The molecule has 0 aliphatic carbocycles. The summed E-state index contributed by atoms with van der Waals surface area (Å²) in [4.78, 5) is 28.6. The molecule has 2 heterocycles. The minimum Gasteiger partial charge on any atom is -0.465 e. The van der Waals surface area contributed by atoms with Crippen LogP contribution in [0.4, 0.5) is 4.79 Å². The summed E-state index contributed by atoms with van der Waals surface area (Å²) in [6.07, 6.45) is 3.88. The molecule has 0 unspecified atom stereocenters. The normalized spacial score (nSPS) is 25.1. The molecule has 0 spiro atoms. The summed E-state index contributed by atoms with van der Waals surface area (Å²) >= 11 is 0. The van der Waals surface area contributed by atoms with Crippen LogP contribution in [0.25, 0.3) is 0 Å². The Bertz CT molecular complexity index is 356.